The first-order chi connectivity index (χ1) is 16.0. The van der Waals surface area contributed by atoms with Crippen LogP contribution in [0, 0.1) is 0 Å². The van der Waals surface area contributed by atoms with Crippen LogP contribution in [0.1, 0.15) is 27.7 Å². The van der Waals surface area contributed by atoms with Crippen molar-refractivity contribution in [3.63, 3.8) is 0 Å². The Morgan fingerprint density at radius 1 is 1.12 bits per heavy atom. The highest BCUT2D eigenvalue weighted by Crippen LogP contribution is 2.49. The van der Waals surface area contributed by atoms with Crippen molar-refractivity contribution in [2.75, 3.05) is 48.3 Å². The van der Waals surface area contributed by atoms with Gasteiger partial charge >= 0.3 is 0 Å². The number of nitrogens with zero attached hydrogens (tertiary/aromatic N) is 1. The van der Waals surface area contributed by atoms with Crippen molar-refractivity contribution in [1.29, 1.82) is 0 Å². The maximum Gasteiger partial charge on any atom is 0.267 e. The van der Waals surface area contributed by atoms with Crippen LogP contribution < -0.4 is 29.0 Å². The molecule has 3 heterocycles. The molecule has 0 bridgehead atoms. The van der Waals surface area contributed by atoms with Gasteiger partial charge in [0, 0.05) is 35.6 Å². The summed E-state index contributed by atoms with van der Waals surface area (Å²) in [4.78, 5) is 18.4. The molecule has 0 fully saturated rings. The van der Waals surface area contributed by atoms with E-state index >= 15 is 0 Å². The number of likely N-dealkylation sites (N-methyl/N-ethyl adjacent to an activating group) is 1. The van der Waals surface area contributed by atoms with Gasteiger partial charge in [-0.05, 0) is 37.2 Å². The zero-order valence-corrected chi connectivity index (χ0v) is 19.1. The van der Waals surface area contributed by atoms with E-state index in [0.717, 1.165) is 35.0 Å². The molecule has 0 unspecified atom stereocenters. The number of amides is 1. The number of benzene rings is 2. The van der Waals surface area contributed by atoms with Gasteiger partial charge in [-0.2, -0.15) is 0 Å². The first kappa shape index (κ1) is 21.3. The van der Waals surface area contributed by atoms with E-state index in [0.29, 0.717) is 41.0 Å². The second kappa shape index (κ2) is 8.40. The Bertz CT molecular complexity index is 1180. The summed E-state index contributed by atoms with van der Waals surface area (Å²) < 4.78 is 27.7. The lowest BCUT2D eigenvalue weighted by atomic mass is 9.91. The van der Waals surface area contributed by atoms with Crippen molar-refractivity contribution in [3.8, 4) is 28.7 Å². The summed E-state index contributed by atoms with van der Waals surface area (Å²) in [7, 11) is 6.85. The van der Waals surface area contributed by atoms with Crippen LogP contribution in [-0.4, -0.2) is 64.1 Å². The van der Waals surface area contributed by atoms with Gasteiger partial charge < -0.3 is 34.0 Å². The smallest absolute Gasteiger partial charge is 0.267 e. The van der Waals surface area contributed by atoms with E-state index in [9.17, 15) is 4.79 Å². The molecule has 0 spiro atoms. The van der Waals surface area contributed by atoms with Crippen molar-refractivity contribution in [2.24, 2.45) is 0 Å². The molecule has 0 saturated carbocycles. The summed E-state index contributed by atoms with van der Waals surface area (Å²) in [5.74, 6) is 3.04. The Hall–Kier alpha value is -3.59. The van der Waals surface area contributed by atoms with Crippen LogP contribution in [0.15, 0.2) is 24.3 Å². The van der Waals surface area contributed by atoms with Gasteiger partial charge in [0.15, 0.2) is 23.0 Å². The molecule has 9 heteroatoms. The number of nitrogens with one attached hydrogen (secondary N) is 2. The summed E-state index contributed by atoms with van der Waals surface area (Å²) in [6.07, 6.45) is 0.870. The minimum Gasteiger partial charge on any atom is -0.493 e. The molecule has 5 rings (SSSR count). The van der Waals surface area contributed by atoms with Crippen molar-refractivity contribution in [3.05, 3.63) is 41.1 Å². The molecule has 0 aliphatic carbocycles. The third kappa shape index (κ3) is 3.58. The topological polar surface area (TPSA) is 94.3 Å². The second-order valence-corrected chi connectivity index (χ2v) is 8.15. The summed E-state index contributed by atoms with van der Waals surface area (Å²) in [6.45, 7) is 1.46. The maximum atomic E-state index is 13.0. The number of rotatable bonds is 6. The molecule has 33 heavy (non-hydrogen) atoms. The van der Waals surface area contributed by atoms with Gasteiger partial charge in [0.2, 0.25) is 12.5 Å². The molecule has 9 nitrogen and oxygen atoms in total. The number of H-pyrrole nitrogens is 1. The lowest BCUT2D eigenvalue weighted by Crippen LogP contribution is -2.40. The Morgan fingerprint density at radius 3 is 2.67 bits per heavy atom. The van der Waals surface area contributed by atoms with Crippen LogP contribution in [0.2, 0.25) is 0 Å². The fourth-order valence-electron chi connectivity index (χ4n) is 4.65. The summed E-state index contributed by atoms with van der Waals surface area (Å²) in [5.41, 5.74) is 3.45. The van der Waals surface area contributed by atoms with Crippen LogP contribution in [-0.2, 0) is 6.42 Å². The molecule has 174 valence electrons. The lowest BCUT2D eigenvalue weighted by molar-refractivity contribution is 0.0931. The predicted octanol–water partition coefficient (Wildman–Crippen LogP) is 2.88. The fourth-order valence-corrected chi connectivity index (χ4v) is 4.65. The molecule has 2 N–H and O–H groups in total. The third-order valence-corrected chi connectivity index (χ3v) is 6.37. The van der Waals surface area contributed by atoms with Crippen LogP contribution in [0.4, 0.5) is 0 Å². The molecule has 2 aromatic carbocycles. The Morgan fingerprint density at radius 2 is 1.91 bits per heavy atom. The Balaban J connectivity index is 1.40. The average Bonchev–Trinajstić information content (AvgIpc) is 3.47. The second-order valence-electron chi connectivity index (χ2n) is 8.15. The van der Waals surface area contributed by atoms with Crippen molar-refractivity contribution >= 4 is 16.8 Å². The van der Waals surface area contributed by atoms with Crippen LogP contribution in [0.25, 0.3) is 10.9 Å². The maximum absolute atomic E-state index is 13.0. The molecular weight excluding hydrogens is 426 g/mol. The quantitative estimate of drug-likeness (QED) is 0.593. The van der Waals surface area contributed by atoms with Gasteiger partial charge in [-0.3, -0.25) is 9.69 Å². The van der Waals surface area contributed by atoms with Gasteiger partial charge in [-0.25, -0.2) is 0 Å². The predicted molar refractivity (Wildman–Crippen MR) is 122 cm³/mol. The molecule has 2 aliphatic heterocycles. The average molecular weight is 453 g/mol. The van der Waals surface area contributed by atoms with Crippen LogP contribution in [0.5, 0.6) is 28.7 Å². The highest BCUT2D eigenvalue weighted by molar-refractivity contribution is 5.98. The number of hydrogen-bond acceptors (Lipinski definition) is 7. The van der Waals surface area contributed by atoms with Gasteiger partial charge in [-0.1, -0.05) is 0 Å². The minimum absolute atomic E-state index is 0.0632. The molecule has 1 atom stereocenters. The molecule has 2 aliphatic rings. The number of carbonyl (C=O) groups is 1. The molecule has 0 radical (unpaired) electrons. The third-order valence-electron chi connectivity index (χ3n) is 6.37. The number of ether oxygens (including phenoxy) is 5. The number of carbonyl (C=O) groups excluding carboxylic acids is 1. The van der Waals surface area contributed by atoms with E-state index in [-0.39, 0.29) is 18.7 Å². The van der Waals surface area contributed by atoms with E-state index in [1.54, 1.807) is 21.3 Å². The first-order valence-corrected chi connectivity index (χ1v) is 10.8. The number of fused-ring (bicyclic) bond motifs is 3. The summed E-state index contributed by atoms with van der Waals surface area (Å²) in [6, 6.07) is 7.44. The Kier molecular flexibility index (Phi) is 5.41. The van der Waals surface area contributed by atoms with Crippen molar-refractivity contribution in [1.82, 2.24) is 15.2 Å². The van der Waals surface area contributed by atoms with Crippen molar-refractivity contribution < 1.29 is 28.5 Å². The minimum atomic E-state index is -0.190. The number of hydrogen-bond donors (Lipinski definition) is 2. The Labute approximate surface area is 191 Å². The molecule has 3 aromatic rings. The van der Waals surface area contributed by atoms with Gasteiger partial charge in [0.25, 0.3) is 5.91 Å². The largest absolute Gasteiger partial charge is 0.493 e. The SMILES string of the molecule is COc1cc2cc(C(=O)NC[C@H]3c4c(cc5c(c4OC)OCO5)CCN3C)[nH]c2cc1OC. The van der Waals surface area contributed by atoms with Crippen LogP contribution in [0.3, 0.4) is 0 Å². The number of aromatic amines is 1. The zero-order chi connectivity index (χ0) is 23.1. The lowest BCUT2D eigenvalue weighted by Gasteiger charge is -2.35. The fraction of sp³-hybridized carbons (Fsp3) is 0.375. The summed E-state index contributed by atoms with van der Waals surface area (Å²) in [5, 5.41) is 3.94. The van der Waals surface area contributed by atoms with E-state index in [1.165, 1.54) is 0 Å². The van der Waals surface area contributed by atoms with Gasteiger partial charge in [-0.15, -0.1) is 0 Å². The number of methoxy groups -OCH3 is 3. The molecule has 0 saturated heterocycles. The van der Waals surface area contributed by atoms with E-state index in [2.05, 4.69) is 15.2 Å². The zero-order valence-electron chi connectivity index (χ0n) is 19.1. The highest BCUT2D eigenvalue weighted by Gasteiger charge is 2.34. The normalized spacial score (nSPS) is 17.0. The number of aromatic nitrogens is 1. The highest BCUT2D eigenvalue weighted by atomic mass is 16.7. The molecule has 1 aromatic heterocycles. The van der Waals surface area contributed by atoms with Crippen molar-refractivity contribution in [2.45, 2.75) is 12.5 Å². The van der Waals surface area contributed by atoms with E-state index in [4.69, 9.17) is 23.7 Å². The summed E-state index contributed by atoms with van der Waals surface area (Å²) >= 11 is 0. The van der Waals surface area contributed by atoms with Crippen LogP contribution >= 0.6 is 0 Å². The van der Waals surface area contributed by atoms with E-state index < -0.39 is 0 Å². The molecule has 1 amide bonds. The van der Waals surface area contributed by atoms with Gasteiger partial charge in [0.05, 0.1) is 27.4 Å². The van der Waals surface area contributed by atoms with E-state index in [1.807, 2.05) is 31.3 Å². The standard InChI is InChI=1S/C24H27N3O6/c1-27-6-5-13-8-20-22(33-12-32-20)23(31-4)21(13)17(27)11-25-24(28)16-7-14-9-18(29-2)19(30-3)10-15(14)26-16/h7-10,17,26H,5-6,11-12H2,1-4H3,(H,25,28)/t17-/m0/s1. The molecular formula is C24H27N3O6. The van der Waals surface area contributed by atoms with Gasteiger partial charge in [0.1, 0.15) is 5.69 Å². The monoisotopic (exact) mass is 453 g/mol. The first-order valence-electron chi connectivity index (χ1n) is 10.8.